The van der Waals surface area contributed by atoms with Gasteiger partial charge in [0, 0.05) is 53.4 Å². The van der Waals surface area contributed by atoms with Gasteiger partial charge in [-0.2, -0.15) is 0 Å². The summed E-state index contributed by atoms with van der Waals surface area (Å²) in [5.41, 5.74) is 6.55. The standard InChI is InChI=1S/C32H37N3O2/c1-6-35(7-2)17-18-37-24-14-16-25-27(20-24)32(3,4)31-29(30(25)36)26-15-13-23(19-28(26)33-31)34(5)21-22-11-9-8-10-12-22/h8-16,19-20,33H,6-7,17-18,21H2,1-5H3. The monoisotopic (exact) mass is 495 g/mol. The SMILES string of the molecule is CCN(CC)CCOc1ccc2c(c1)C(C)(C)c1[nH]c3cc(N(C)Cc4ccccc4)ccc3c1C2=O. The molecule has 1 N–H and O–H groups in total. The second-order valence-corrected chi connectivity index (χ2v) is 10.5. The Kier molecular flexibility index (Phi) is 6.82. The maximum Gasteiger partial charge on any atom is 0.195 e. The summed E-state index contributed by atoms with van der Waals surface area (Å²) in [4.78, 5) is 22.0. The highest BCUT2D eigenvalue weighted by atomic mass is 16.5. The maximum atomic E-state index is 13.7. The number of nitrogens with one attached hydrogen (secondary N) is 1. The molecular formula is C32H37N3O2. The van der Waals surface area contributed by atoms with E-state index in [0.717, 1.165) is 70.9 Å². The van der Waals surface area contributed by atoms with E-state index in [0.29, 0.717) is 6.61 Å². The molecule has 0 aliphatic heterocycles. The summed E-state index contributed by atoms with van der Waals surface area (Å²) in [6, 6.07) is 22.8. The molecule has 3 aromatic carbocycles. The van der Waals surface area contributed by atoms with Gasteiger partial charge < -0.3 is 19.5 Å². The van der Waals surface area contributed by atoms with Gasteiger partial charge in [-0.25, -0.2) is 0 Å². The van der Waals surface area contributed by atoms with Crippen LogP contribution in [0.25, 0.3) is 10.9 Å². The number of rotatable bonds is 9. The van der Waals surface area contributed by atoms with E-state index >= 15 is 0 Å². The predicted octanol–water partition coefficient (Wildman–Crippen LogP) is 6.40. The van der Waals surface area contributed by atoms with Gasteiger partial charge >= 0.3 is 0 Å². The summed E-state index contributed by atoms with van der Waals surface area (Å²) in [6.07, 6.45) is 0. The van der Waals surface area contributed by atoms with E-state index in [9.17, 15) is 4.79 Å². The third-order valence-corrected chi connectivity index (χ3v) is 7.82. The summed E-state index contributed by atoms with van der Waals surface area (Å²) in [7, 11) is 2.10. The van der Waals surface area contributed by atoms with Crippen molar-refractivity contribution in [1.29, 1.82) is 0 Å². The summed E-state index contributed by atoms with van der Waals surface area (Å²) in [5, 5.41) is 0.982. The number of likely N-dealkylation sites (N-methyl/N-ethyl adjacent to an activating group) is 1. The minimum absolute atomic E-state index is 0.0793. The Hall–Kier alpha value is -3.57. The van der Waals surface area contributed by atoms with Gasteiger partial charge in [0.05, 0.1) is 5.56 Å². The molecule has 4 aromatic rings. The lowest BCUT2D eigenvalue weighted by Crippen LogP contribution is -2.30. The fourth-order valence-electron chi connectivity index (χ4n) is 5.51. The number of hydrogen-bond acceptors (Lipinski definition) is 4. The molecule has 5 nitrogen and oxygen atoms in total. The Bertz CT molecular complexity index is 1420. The van der Waals surface area contributed by atoms with Gasteiger partial charge in [-0.1, -0.05) is 64.1 Å². The first-order valence-electron chi connectivity index (χ1n) is 13.3. The van der Waals surface area contributed by atoms with Crippen molar-refractivity contribution in [3.05, 3.63) is 94.7 Å². The molecule has 192 valence electrons. The van der Waals surface area contributed by atoms with Crippen molar-refractivity contribution in [2.75, 3.05) is 38.2 Å². The average Bonchev–Trinajstić information content (AvgIpc) is 3.31. The number of aromatic nitrogens is 1. The zero-order chi connectivity index (χ0) is 26.2. The predicted molar refractivity (Wildman–Crippen MR) is 152 cm³/mol. The Morgan fingerprint density at radius 1 is 0.946 bits per heavy atom. The molecule has 0 spiro atoms. The Morgan fingerprint density at radius 2 is 1.70 bits per heavy atom. The highest BCUT2D eigenvalue weighted by Gasteiger charge is 2.39. The number of ether oxygens (including phenoxy) is 1. The number of aromatic amines is 1. The Labute approximate surface area is 220 Å². The third kappa shape index (κ3) is 4.64. The number of carbonyl (C=O) groups excluding carboxylic acids is 1. The summed E-state index contributed by atoms with van der Waals surface area (Å²) in [6.45, 7) is 13.1. The topological polar surface area (TPSA) is 48.6 Å². The van der Waals surface area contributed by atoms with Crippen LogP contribution in [0.15, 0.2) is 66.7 Å². The van der Waals surface area contributed by atoms with Crippen LogP contribution in [-0.2, 0) is 12.0 Å². The molecule has 1 aliphatic rings. The molecule has 37 heavy (non-hydrogen) atoms. The van der Waals surface area contributed by atoms with Gasteiger partial charge in [-0.05, 0) is 54.5 Å². The van der Waals surface area contributed by atoms with Crippen LogP contribution in [0, 0.1) is 0 Å². The zero-order valence-electron chi connectivity index (χ0n) is 22.6. The van der Waals surface area contributed by atoms with Crippen LogP contribution >= 0.6 is 0 Å². The van der Waals surface area contributed by atoms with E-state index in [4.69, 9.17) is 4.74 Å². The lowest BCUT2D eigenvalue weighted by molar-refractivity contribution is 0.103. The van der Waals surface area contributed by atoms with Crippen molar-refractivity contribution >= 4 is 22.4 Å². The van der Waals surface area contributed by atoms with Crippen LogP contribution < -0.4 is 9.64 Å². The van der Waals surface area contributed by atoms with E-state index in [2.05, 4.69) is 98.1 Å². The van der Waals surface area contributed by atoms with Crippen LogP contribution in [0.3, 0.4) is 0 Å². The fourth-order valence-corrected chi connectivity index (χ4v) is 5.51. The molecule has 1 heterocycles. The molecule has 5 rings (SSSR count). The second-order valence-electron chi connectivity index (χ2n) is 10.5. The fraction of sp³-hybridized carbons (Fsp3) is 0.344. The number of anilines is 1. The van der Waals surface area contributed by atoms with Crippen LogP contribution in [-0.4, -0.2) is 49.0 Å². The van der Waals surface area contributed by atoms with E-state index in [1.807, 2.05) is 18.2 Å². The van der Waals surface area contributed by atoms with Crippen LogP contribution in [0.1, 0.15) is 60.4 Å². The molecule has 0 amide bonds. The van der Waals surface area contributed by atoms with Gasteiger partial charge in [0.2, 0.25) is 0 Å². The number of H-pyrrole nitrogens is 1. The lowest BCUT2D eigenvalue weighted by Gasteiger charge is -2.32. The number of fused-ring (bicyclic) bond motifs is 4. The molecule has 1 aliphatic carbocycles. The molecule has 0 bridgehead atoms. The molecule has 5 heteroatoms. The van der Waals surface area contributed by atoms with Crippen molar-refractivity contribution < 1.29 is 9.53 Å². The molecule has 1 aromatic heterocycles. The first-order chi connectivity index (χ1) is 17.8. The van der Waals surface area contributed by atoms with Gasteiger partial charge in [0.15, 0.2) is 5.78 Å². The number of nitrogens with zero attached hydrogens (tertiary/aromatic N) is 2. The number of ketones is 1. The minimum Gasteiger partial charge on any atom is -0.492 e. The normalized spacial score (nSPS) is 14.1. The molecule has 0 saturated carbocycles. The van der Waals surface area contributed by atoms with Gasteiger partial charge in [0.25, 0.3) is 0 Å². The van der Waals surface area contributed by atoms with Crippen LogP contribution in [0.4, 0.5) is 5.69 Å². The summed E-state index contributed by atoms with van der Waals surface area (Å²) >= 11 is 0. The zero-order valence-corrected chi connectivity index (χ0v) is 22.6. The lowest BCUT2D eigenvalue weighted by atomic mass is 9.71. The molecular weight excluding hydrogens is 458 g/mol. The van der Waals surface area contributed by atoms with Crippen molar-refractivity contribution in [1.82, 2.24) is 9.88 Å². The maximum absolute atomic E-state index is 13.7. The molecule has 0 radical (unpaired) electrons. The van der Waals surface area contributed by atoms with Crippen LogP contribution in [0.2, 0.25) is 0 Å². The second kappa shape index (κ2) is 10.1. The number of benzene rings is 3. The van der Waals surface area contributed by atoms with E-state index < -0.39 is 0 Å². The highest BCUT2D eigenvalue weighted by molar-refractivity contribution is 6.20. The molecule has 0 atom stereocenters. The minimum atomic E-state index is -0.355. The Morgan fingerprint density at radius 3 is 2.43 bits per heavy atom. The number of hydrogen-bond donors (Lipinski definition) is 1. The number of carbonyl (C=O) groups is 1. The largest absolute Gasteiger partial charge is 0.492 e. The smallest absolute Gasteiger partial charge is 0.195 e. The van der Waals surface area contributed by atoms with Crippen molar-refractivity contribution in [2.24, 2.45) is 0 Å². The van der Waals surface area contributed by atoms with Gasteiger partial charge in [-0.15, -0.1) is 0 Å². The highest BCUT2D eigenvalue weighted by Crippen LogP contribution is 2.45. The first-order valence-corrected chi connectivity index (χ1v) is 13.3. The van der Waals surface area contributed by atoms with Crippen molar-refractivity contribution in [3.63, 3.8) is 0 Å². The Balaban J connectivity index is 1.45. The van der Waals surface area contributed by atoms with Gasteiger partial charge in [0.1, 0.15) is 12.4 Å². The summed E-state index contributed by atoms with van der Waals surface area (Å²) < 4.78 is 6.10. The molecule has 0 unspecified atom stereocenters. The summed E-state index contributed by atoms with van der Waals surface area (Å²) in [5.74, 6) is 0.895. The van der Waals surface area contributed by atoms with Crippen LogP contribution in [0.5, 0.6) is 5.75 Å². The third-order valence-electron chi connectivity index (χ3n) is 7.82. The van der Waals surface area contributed by atoms with E-state index in [1.54, 1.807) is 0 Å². The first kappa shape index (κ1) is 25.1. The van der Waals surface area contributed by atoms with E-state index in [-0.39, 0.29) is 11.2 Å². The molecule has 0 fully saturated rings. The quantitative estimate of drug-likeness (QED) is 0.292. The van der Waals surface area contributed by atoms with Crippen molar-refractivity contribution in [3.8, 4) is 5.75 Å². The average molecular weight is 496 g/mol. The van der Waals surface area contributed by atoms with Crippen molar-refractivity contribution in [2.45, 2.75) is 39.7 Å². The van der Waals surface area contributed by atoms with E-state index in [1.165, 1.54) is 5.56 Å². The molecule has 0 saturated heterocycles. The van der Waals surface area contributed by atoms with Gasteiger partial charge in [-0.3, -0.25) is 4.79 Å².